The van der Waals surface area contributed by atoms with Crippen molar-refractivity contribution in [3.63, 3.8) is 0 Å². The Labute approximate surface area is 212 Å². The molecule has 4 N–H and O–H groups in total. The minimum atomic E-state index is -3.83. The Morgan fingerprint density at radius 2 is 0.639 bits per heavy atom. The molecule has 0 saturated heterocycles. The van der Waals surface area contributed by atoms with Gasteiger partial charge in [0.2, 0.25) is 0 Å². The fourth-order valence-corrected chi connectivity index (χ4v) is 4.18. The van der Waals surface area contributed by atoms with Crippen molar-refractivity contribution in [3.05, 3.63) is 84.9 Å². The van der Waals surface area contributed by atoms with Crippen LogP contribution in [0.4, 0.5) is 22.7 Å². The molecule has 0 heterocycles. The average Bonchev–Trinajstić information content (AvgIpc) is 2.75. The number of hydrogen-bond donors (Lipinski definition) is 4. The van der Waals surface area contributed by atoms with Gasteiger partial charge >= 0.3 is 20.4 Å². The highest BCUT2D eigenvalue weighted by Gasteiger charge is 2.12. The van der Waals surface area contributed by atoms with Gasteiger partial charge in [0.1, 0.15) is 11.6 Å². The molecule has 0 aliphatic carbocycles. The molecular weight excluding hydrogens is 504 g/mol. The predicted molar refractivity (Wildman–Crippen MR) is 144 cm³/mol. The van der Waals surface area contributed by atoms with Crippen molar-refractivity contribution >= 4 is 54.7 Å². The molecule has 0 aliphatic heterocycles. The summed E-state index contributed by atoms with van der Waals surface area (Å²) in [5.41, 5.74) is 1.41. The fraction of sp³-hybridized carbons (Fsp3) is 0.167. The Hall–Kier alpha value is -3.90. The highest BCUT2D eigenvalue weighted by molar-refractivity contribution is 7.94. The summed E-state index contributed by atoms with van der Waals surface area (Å²) in [6, 6.07) is 22.7. The monoisotopic (exact) mass is 534 g/mol. The Balaban J connectivity index is 0.000000709. The van der Waals surface area contributed by atoms with Gasteiger partial charge in [0.15, 0.2) is 0 Å². The smallest absolute Gasteiger partial charge is 0.300 e. The van der Waals surface area contributed by atoms with E-state index in [0.717, 1.165) is 0 Å². The molecule has 0 spiro atoms. The minimum absolute atomic E-state index is 0.167. The predicted octanol–water partition coefficient (Wildman–Crippen LogP) is 4.41. The van der Waals surface area contributed by atoms with E-state index in [1.807, 2.05) is 0 Å². The van der Waals surface area contributed by atoms with E-state index in [0.29, 0.717) is 11.4 Å². The molecule has 0 amide bonds. The van der Waals surface area contributed by atoms with Crippen molar-refractivity contribution < 1.29 is 26.4 Å². The third-order valence-electron chi connectivity index (χ3n) is 3.44. The van der Waals surface area contributed by atoms with Crippen LogP contribution >= 0.6 is 0 Å². The van der Waals surface area contributed by atoms with Crippen molar-refractivity contribution in [1.29, 1.82) is 0 Å². The van der Waals surface area contributed by atoms with Gasteiger partial charge in [-0.25, -0.2) is 0 Å². The zero-order valence-corrected chi connectivity index (χ0v) is 22.0. The summed E-state index contributed by atoms with van der Waals surface area (Å²) >= 11 is 0. The molecule has 12 heteroatoms. The van der Waals surface area contributed by atoms with Crippen LogP contribution in [-0.2, 0) is 30.0 Å². The molecule has 10 nitrogen and oxygen atoms in total. The maximum Gasteiger partial charge on any atom is 0.321 e. The van der Waals surface area contributed by atoms with Crippen LogP contribution in [0.25, 0.3) is 0 Å². The van der Waals surface area contributed by atoms with Crippen LogP contribution in [0.1, 0.15) is 27.7 Å². The van der Waals surface area contributed by atoms with E-state index in [1.165, 1.54) is 52.0 Å². The first-order chi connectivity index (χ1) is 16.8. The van der Waals surface area contributed by atoms with Crippen molar-refractivity contribution in [2.24, 2.45) is 0 Å². The zero-order valence-electron chi connectivity index (χ0n) is 20.3. The van der Waals surface area contributed by atoms with Gasteiger partial charge in [-0.2, -0.15) is 16.8 Å². The summed E-state index contributed by atoms with van der Waals surface area (Å²) in [4.78, 5) is 18.9. The SMILES string of the molecule is CC(C)=O.CC(C)=O.O=S(=O)(Nc1ccccc1)Nc1ccc(NS(=O)(=O)Nc2ccccc2)cc1. The van der Waals surface area contributed by atoms with E-state index in [4.69, 9.17) is 0 Å². The van der Waals surface area contributed by atoms with Crippen LogP contribution < -0.4 is 18.9 Å². The van der Waals surface area contributed by atoms with Gasteiger partial charge < -0.3 is 9.59 Å². The second-order valence-corrected chi connectivity index (χ2v) is 10.4. The average molecular weight is 535 g/mol. The lowest BCUT2D eigenvalue weighted by Gasteiger charge is -2.12. The van der Waals surface area contributed by atoms with Gasteiger partial charge in [-0.15, -0.1) is 0 Å². The number of para-hydroxylation sites is 2. The largest absolute Gasteiger partial charge is 0.321 e. The molecule has 3 aromatic carbocycles. The van der Waals surface area contributed by atoms with Gasteiger partial charge in [-0.1, -0.05) is 36.4 Å². The van der Waals surface area contributed by atoms with Crippen molar-refractivity contribution in [2.75, 3.05) is 18.9 Å². The second kappa shape index (κ2) is 14.5. The van der Waals surface area contributed by atoms with Crippen molar-refractivity contribution in [3.8, 4) is 0 Å². The summed E-state index contributed by atoms with van der Waals surface area (Å²) in [5.74, 6) is 0.333. The van der Waals surface area contributed by atoms with Crippen LogP contribution in [0, 0.1) is 0 Å². The summed E-state index contributed by atoms with van der Waals surface area (Å²) < 4.78 is 58.1. The molecule has 0 unspecified atom stereocenters. The molecule has 0 saturated carbocycles. The van der Waals surface area contributed by atoms with E-state index < -0.39 is 20.4 Å². The molecule has 0 atom stereocenters. The maximum atomic E-state index is 12.1. The molecule has 0 fully saturated rings. The van der Waals surface area contributed by atoms with Crippen LogP contribution in [0.3, 0.4) is 0 Å². The van der Waals surface area contributed by atoms with Crippen molar-refractivity contribution in [1.82, 2.24) is 0 Å². The Morgan fingerprint density at radius 3 is 0.861 bits per heavy atom. The van der Waals surface area contributed by atoms with Crippen LogP contribution in [-0.4, -0.2) is 28.4 Å². The molecule has 0 aromatic heterocycles. The Kier molecular flexibility index (Phi) is 12.1. The zero-order chi connectivity index (χ0) is 27.2. The minimum Gasteiger partial charge on any atom is -0.300 e. The molecule has 0 radical (unpaired) electrons. The van der Waals surface area contributed by atoms with Crippen molar-refractivity contribution in [2.45, 2.75) is 27.7 Å². The number of rotatable bonds is 8. The number of hydrogen-bond acceptors (Lipinski definition) is 6. The lowest BCUT2D eigenvalue weighted by molar-refractivity contribution is -0.115. The molecule has 3 rings (SSSR count). The number of anilines is 4. The van der Waals surface area contributed by atoms with Crippen LogP contribution in [0.5, 0.6) is 0 Å². The standard InChI is InChI=1S/C18H18N4O4S2.2C3H6O/c23-27(24,19-15-7-3-1-4-8-15)21-17-11-13-18(14-12-17)22-28(25,26)20-16-9-5-2-6-10-16;2*1-3(2)4/h1-14,19-22H;2*1-2H3. The van der Waals surface area contributed by atoms with E-state index in [2.05, 4.69) is 18.9 Å². The molecule has 3 aromatic rings. The highest BCUT2D eigenvalue weighted by atomic mass is 32.2. The number of carbonyl (C=O) groups excluding carboxylic acids is 2. The lowest BCUT2D eigenvalue weighted by Crippen LogP contribution is -2.22. The number of benzene rings is 3. The maximum absolute atomic E-state index is 12.1. The van der Waals surface area contributed by atoms with Gasteiger partial charge in [0, 0.05) is 0 Å². The number of carbonyl (C=O) groups is 2. The van der Waals surface area contributed by atoms with Crippen LogP contribution in [0.15, 0.2) is 84.9 Å². The van der Waals surface area contributed by atoms with Gasteiger partial charge in [0.25, 0.3) is 0 Å². The Morgan fingerprint density at radius 1 is 0.444 bits per heavy atom. The second-order valence-electron chi connectivity index (χ2n) is 7.54. The van der Waals surface area contributed by atoms with Crippen LogP contribution in [0.2, 0.25) is 0 Å². The van der Waals surface area contributed by atoms with Gasteiger partial charge in [0.05, 0.1) is 22.7 Å². The van der Waals surface area contributed by atoms with E-state index in [1.54, 1.807) is 60.7 Å². The number of ketones is 2. The molecular formula is C24H30N4O6S2. The summed E-state index contributed by atoms with van der Waals surface area (Å²) in [6.45, 7) is 6.11. The molecule has 0 bridgehead atoms. The van der Waals surface area contributed by atoms with E-state index >= 15 is 0 Å². The summed E-state index contributed by atoms with van der Waals surface area (Å²) in [6.07, 6.45) is 0. The Bertz CT molecular complexity index is 1200. The number of nitrogens with one attached hydrogen (secondary N) is 4. The molecule has 0 aliphatic rings. The number of Topliss-reactive ketones (excluding diaryl/α,β-unsaturated/α-hetero) is 2. The normalized spacial score (nSPS) is 10.3. The van der Waals surface area contributed by atoms with E-state index in [-0.39, 0.29) is 22.9 Å². The first-order valence-corrected chi connectivity index (χ1v) is 13.5. The molecule has 194 valence electrons. The summed E-state index contributed by atoms with van der Waals surface area (Å²) in [7, 11) is -7.65. The third-order valence-corrected chi connectivity index (χ3v) is 5.46. The van der Waals surface area contributed by atoms with Gasteiger partial charge in [-0.3, -0.25) is 18.9 Å². The summed E-state index contributed by atoms with van der Waals surface area (Å²) in [5, 5.41) is 0. The lowest BCUT2D eigenvalue weighted by atomic mass is 10.3. The topological polar surface area (TPSA) is 151 Å². The highest BCUT2D eigenvalue weighted by Crippen LogP contribution is 2.18. The molecule has 36 heavy (non-hydrogen) atoms. The quantitative estimate of drug-likeness (QED) is 0.336. The van der Waals surface area contributed by atoms with E-state index in [9.17, 15) is 26.4 Å². The third kappa shape index (κ3) is 14.4. The fourth-order valence-electron chi connectivity index (χ4n) is 2.29. The first-order valence-electron chi connectivity index (χ1n) is 10.5. The van der Waals surface area contributed by atoms with Gasteiger partial charge in [-0.05, 0) is 76.2 Å². The first kappa shape index (κ1) is 30.1.